The SMILES string of the molecule is C[C@H]1C2CCC(CC2)[C@@H]1Cc1cc(-c2ccc(C(N)=O)o2)nc(-c2c[nH]c3ncc(Cl)nc23)n1. The number of nitrogens with zero attached hydrogens (tertiary/aromatic N) is 4. The first-order valence-corrected chi connectivity index (χ1v) is 12.1. The van der Waals surface area contributed by atoms with Gasteiger partial charge in [-0.25, -0.2) is 19.9 Å². The van der Waals surface area contributed by atoms with E-state index in [4.69, 9.17) is 31.7 Å². The maximum atomic E-state index is 11.6. The Bertz CT molecular complexity index is 1390. The Hall–Kier alpha value is -3.26. The van der Waals surface area contributed by atoms with Crippen LogP contribution in [0.3, 0.4) is 0 Å². The molecular weight excluding hydrogens is 452 g/mol. The number of hydrogen-bond acceptors (Lipinski definition) is 6. The summed E-state index contributed by atoms with van der Waals surface area (Å²) in [4.78, 5) is 33.2. The molecule has 0 aliphatic heterocycles. The van der Waals surface area contributed by atoms with Gasteiger partial charge >= 0.3 is 0 Å². The highest BCUT2D eigenvalue weighted by Gasteiger charge is 2.41. The molecule has 2 atom stereocenters. The van der Waals surface area contributed by atoms with E-state index in [0.717, 1.165) is 24.0 Å². The van der Waals surface area contributed by atoms with Gasteiger partial charge in [-0.1, -0.05) is 18.5 Å². The highest BCUT2D eigenvalue weighted by atomic mass is 35.5. The van der Waals surface area contributed by atoms with Crippen LogP contribution in [-0.4, -0.2) is 30.8 Å². The van der Waals surface area contributed by atoms with Crippen molar-refractivity contribution < 1.29 is 9.21 Å². The summed E-state index contributed by atoms with van der Waals surface area (Å²) in [6.07, 6.45) is 9.48. The van der Waals surface area contributed by atoms with Gasteiger partial charge in [-0.2, -0.15) is 0 Å². The van der Waals surface area contributed by atoms with Gasteiger partial charge in [0.1, 0.15) is 16.4 Å². The molecule has 8 nitrogen and oxygen atoms in total. The summed E-state index contributed by atoms with van der Waals surface area (Å²) >= 11 is 6.12. The normalized spacial score (nSPS) is 24.1. The first-order chi connectivity index (χ1) is 16.5. The van der Waals surface area contributed by atoms with E-state index in [-0.39, 0.29) is 5.76 Å². The molecule has 0 aromatic carbocycles. The molecule has 0 saturated heterocycles. The lowest BCUT2D eigenvalue weighted by Gasteiger charge is -2.47. The third-order valence-corrected chi connectivity index (χ3v) is 7.94. The van der Waals surface area contributed by atoms with Gasteiger partial charge in [0.2, 0.25) is 0 Å². The Morgan fingerprint density at radius 3 is 2.71 bits per heavy atom. The molecule has 3 fully saturated rings. The van der Waals surface area contributed by atoms with E-state index in [1.807, 2.05) is 6.07 Å². The van der Waals surface area contributed by atoms with Crippen molar-refractivity contribution in [3.05, 3.63) is 47.2 Å². The van der Waals surface area contributed by atoms with Gasteiger partial charge in [0, 0.05) is 11.9 Å². The first-order valence-electron chi connectivity index (χ1n) is 11.7. The summed E-state index contributed by atoms with van der Waals surface area (Å²) in [7, 11) is 0. The molecule has 2 bridgehead atoms. The molecule has 1 amide bonds. The molecule has 3 N–H and O–H groups in total. The van der Waals surface area contributed by atoms with E-state index in [0.29, 0.717) is 51.0 Å². The molecule has 3 saturated carbocycles. The van der Waals surface area contributed by atoms with Crippen LogP contribution >= 0.6 is 11.6 Å². The number of fused-ring (bicyclic) bond motifs is 4. The standard InChI is InChI=1S/C25H25ClN6O2/c1-12-13-2-4-14(5-3-13)16(12)8-15-9-18(19-6-7-20(34-19)23(27)33)31-24(30-15)17-10-28-25-22(17)32-21(26)11-29-25/h6-7,9-14,16H,2-5,8H2,1H3,(H2,27,33)(H,28,29)/t12-,13?,14?,16+/m0/s1. The van der Waals surface area contributed by atoms with Crippen molar-refractivity contribution in [1.82, 2.24) is 24.9 Å². The van der Waals surface area contributed by atoms with Crippen LogP contribution in [0.5, 0.6) is 0 Å². The monoisotopic (exact) mass is 476 g/mol. The van der Waals surface area contributed by atoms with Crippen LogP contribution in [0.1, 0.15) is 48.9 Å². The van der Waals surface area contributed by atoms with Gasteiger partial charge < -0.3 is 15.1 Å². The zero-order valence-electron chi connectivity index (χ0n) is 18.8. The number of furan rings is 1. The van der Waals surface area contributed by atoms with E-state index in [2.05, 4.69) is 21.9 Å². The molecule has 3 aliphatic carbocycles. The number of halogens is 1. The van der Waals surface area contributed by atoms with Crippen molar-refractivity contribution in [2.45, 2.75) is 39.0 Å². The van der Waals surface area contributed by atoms with Crippen molar-refractivity contribution in [3.8, 4) is 22.8 Å². The van der Waals surface area contributed by atoms with Crippen molar-refractivity contribution in [2.75, 3.05) is 0 Å². The minimum atomic E-state index is -0.616. The van der Waals surface area contributed by atoms with E-state index in [9.17, 15) is 4.79 Å². The Morgan fingerprint density at radius 2 is 1.97 bits per heavy atom. The summed E-state index contributed by atoms with van der Waals surface area (Å²) in [6, 6.07) is 5.25. The average molecular weight is 477 g/mol. The predicted octanol–water partition coefficient (Wildman–Crippen LogP) is 5.04. The smallest absolute Gasteiger partial charge is 0.284 e. The number of nitrogens with two attached hydrogens (primary N) is 1. The lowest BCUT2D eigenvalue weighted by molar-refractivity contribution is 0.0339. The van der Waals surface area contributed by atoms with Crippen molar-refractivity contribution in [3.63, 3.8) is 0 Å². The molecule has 34 heavy (non-hydrogen) atoms. The van der Waals surface area contributed by atoms with E-state index in [1.54, 1.807) is 18.3 Å². The molecular formula is C25H25ClN6O2. The fourth-order valence-electron chi connectivity index (χ4n) is 5.97. The second kappa shape index (κ2) is 8.20. The number of amides is 1. The second-order valence-electron chi connectivity index (χ2n) is 9.59. The van der Waals surface area contributed by atoms with Gasteiger partial charge in [0.25, 0.3) is 5.91 Å². The van der Waals surface area contributed by atoms with Crippen LogP contribution in [0, 0.1) is 23.7 Å². The number of carbonyl (C=O) groups is 1. The average Bonchev–Trinajstić information content (AvgIpc) is 3.49. The molecule has 7 rings (SSSR count). The lowest BCUT2D eigenvalue weighted by Crippen LogP contribution is -2.39. The molecule has 0 spiro atoms. The highest BCUT2D eigenvalue weighted by molar-refractivity contribution is 6.29. The third kappa shape index (κ3) is 3.66. The Labute approximate surface area is 201 Å². The minimum absolute atomic E-state index is 0.0969. The van der Waals surface area contributed by atoms with Gasteiger partial charge in [0.15, 0.2) is 23.0 Å². The number of primary amides is 1. The molecule has 0 unspecified atom stereocenters. The number of hydrogen-bond donors (Lipinski definition) is 2. The highest BCUT2D eigenvalue weighted by Crippen LogP contribution is 2.49. The lowest BCUT2D eigenvalue weighted by atomic mass is 9.58. The number of aromatic amines is 1. The predicted molar refractivity (Wildman–Crippen MR) is 128 cm³/mol. The molecule has 4 aromatic rings. The number of carbonyl (C=O) groups excluding carboxylic acids is 1. The van der Waals surface area contributed by atoms with Crippen molar-refractivity contribution >= 4 is 28.7 Å². The van der Waals surface area contributed by atoms with Gasteiger partial charge in [0.05, 0.1) is 11.8 Å². The van der Waals surface area contributed by atoms with Gasteiger partial charge in [-0.3, -0.25) is 4.79 Å². The van der Waals surface area contributed by atoms with Crippen molar-refractivity contribution in [1.29, 1.82) is 0 Å². The van der Waals surface area contributed by atoms with E-state index in [1.165, 1.54) is 31.9 Å². The van der Waals surface area contributed by atoms with Crippen LogP contribution < -0.4 is 5.73 Å². The number of H-pyrrole nitrogens is 1. The third-order valence-electron chi connectivity index (χ3n) is 7.76. The first kappa shape index (κ1) is 21.3. The second-order valence-corrected chi connectivity index (χ2v) is 9.98. The molecule has 4 aromatic heterocycles. The van der Waals surface area contributed by atoms with E-state index >= 15 is 0 Å². The van der Waals surface area contributed by atoms with Crippen molar-refractivity contribution in [2.24, 2.45) is 29.4 Å². The maximum absolute atomic E-state index is 11.6. The number of rotatable bonds is 5. The summed E-state index contributed by atoms with van der Waals surface area (Å²) < 4.78 is 5.70. The Morgan fingerprint density at radius 1 is 1.18 bits per heavy atom. The molecule has 3 aliphatic rings. The maximum Gasteiger partial charge on any atom is 0.284 e. The molecule has 4 heterocycles. The summed E-state index contributed by atoms with van der Waals surface area (Å²) in [6.45, 7) is 2.40. The quantitative estimate of drug-likeness (QED) is 0.415. The molecule has 9 heteroatoms. The zero-order chi connectivity index (χ0) is 23.4. The Kier molecular flexibility index (Phi) is 5.13. The summed E-state index contributed by atoms with van der Waals surface area (Å²) in [5, 5.41) is 0.300. The van der Waals surface area contributed by atoms with Crippen LogP contribution in [0.15, 0.2) is 35.0 Å². The van der Waals surface area contributed by atoms with Crippen LogP contribution in [0.25, 0.3) is 34.0 Å². The largest absolute Gasteiger partial charge is 0.449 e. The van der Waals surface area contributed by atoms with Crippen LogP contribution in [0.4, 0.5) is 0 Å². The number of nitrogens with one attached hydrogen (secondary N) is 1. The molecule has 174 valence electrons. The van der Waals surface area contributed by atoms with Gasteiger partial charge in [-0.15, -0.1) is 0 Å². The van der Waals surface area contributed by atoms with Crippen LogP contribution in [-0.2, 0) is 6.42 Å². The fourth-order valence-corrected chi connectivity index (χ4v) is 6.10. The minimum Gasteiger partial charge on any atom is -0.449 e. The fraction of sp³-hybridized carbons (Fsp3) is 0.400. The summed E-state index contributed by atoms with van der Waals surface area (Å²) in [5.41, 5.74) is 8.89. The zero-order valence-corrected chi connectivity index (χ0v) is 19.5. The topological polar surface area (TPSA) is 124 Å². The number of aromatic nitrogens is 5. The molecule has 0 radical (unpaired) electrons. The van der Waals surface area contributed by atoms with Gasteiger partial charge in [-0.05, 0) is 74.0 Å². The van der Waals surface area contributed by atoms with E-state index < -0.39 is 5.91 Å². The Balaban J connectivity index is 1.45. The summed E-state index contributed by atoms with van der Waals surface area (Å²) in [5.74, 6) is 3.29. The van der Waals surface area contributed by atoms with Crippen LogP contribution in [0.2, 0.25) is 5.15 Å².